The first-order chi connectivity index (χ1) is 12.9. The summed E-state index contributed by atoms with van der Waals surface area (Å²) in [6.45, 7) is 5.67. The molecule has 0 N–H and O–H groups in total. The Hall–Kier alpha value is -1.27. The molecule has 3 rings (SSSR count). The normalized spacial score (nSPS) is 18.6. The maximum absolute atomic E-state index is 13.3. The van der Waals surface area contributed by atoms with Gasteiger partial charge >= 0.3 is 0 Å². The second-order valence-corrected chi connectivity index (χ2v) is 8.72. The number of ether oxygens (including phenoxy) is 1. The van der Waals surface area contributed by atoms with Gasteiger partial charge in [0.05, 0.1) is 5.56 Å². The summed E-state index contributed by atoms with van der Waals surface area (Å²) in [4.78, 5) is 15.3. The molecule has 0 fully saturated rings. The van der Waals surface area contributed by atoms with Crippen molar-refractivity contribution in [3.8, 4) is 5.75 Å². The molecule has 1 aliphatic rings. The first kappa shape index (κ1) is 20.5. The van der Waals surface area contributed by atoms with Gasteiger partial charge in [-0.25, -0.2) is 0 Å². The van der Waals surface area contributed by atoms with Crippen LogP contribution in [0.2, 0.25) is 10.0 Å². The zero-order valence-electron chi connectivity index (χ0n) is 14.9. The fourth-order valence-corrected chi connectivity index (χ4v) is 5.02. The quantitative estimate of drug-likeness (QED) is 0.541. The highest BCUT2D eigenvalue weighted by molar-refractivity contribution is 8.23. The predicted molar refractivity (Wildman–Crippen MR) is 118 cm³/mol. The number of benzene rings is 2. The number of Topliss-reactive ketones (excluding diaryl/α,β-unsaturated/α-hetero) is 1. The van der Waals surface area contributed by atoms with Crippen molar-refractivity contribution < 1.29 is 9.53 Å². The minimum Gasteiger partial charge on any atom is -0.483 e. The maximum Gasteiger partial charge on any atom is 0.184 e. The lowest BCUT2D eigenvalue weighted by Gasteiger charge is -2.34. The van der Waals surface area contributed by atoms with Crippen LogP contribution in [0, 0.1) is 0 Å². The molecule has 1 heterocycles. The van der Waals surface area contributed by atoms with Gasteiger partial charge < -0.3 is 9.64 Å². The Labute approximate surface area is 179 Å². The topological polar surface area (TPSA) is 29.5 Å². The summed E-state index contributed by atoms with van der Waals surface area (Å²) < 4.78 is 6.91. The van der Waals surface area contributed by atoms with Crippen LogP contribution in [0.4, 0.5) is 0 Å². The van der Waals surface area contributed by atoms with Crippen molar-refractivity contribution in [3.63, 3.8) is 0 Å². The first-order valence-electron chi connectivity index (χ1n) is 8.66. The first-order valence-corrected chi connectivity index (χ1v) is 10.7. The van der Waals surface area contributed by atoms with E-state index in [1.807, 2.05) is 26.0 Å². The summed E-state index contributed by atoms with van der Waals surface area (Å²) in [6, 6.07) is 12.5. The van der Waals surface area contributed by atoms with Gasteiger partial charge in [0.2, 0.25) is 0 Å². The maximum atomic E-state index is 13.3. The van der Waals surface area contributed by atoms with Crippen molar-refractivity contribution in [2.24, 2.45) is 0 Å². The van der Waals surface area contributed by atoms with Crippen molar-refractivity contribution in [3.05, 3.63) is 63.6 Å². The van der Waals surface area contributed by atoms with Gasteiger partial charge in [0, 0.05) is 23.1 Å². The summed E-state index contributed by atoms with van der Waals surface area (Å²) in [6.07, 6.45) is -0.457. The molecule has 27 heavy (non-hydrogen) atoms. The summed E-state index contributed by atoms with van der Waals surface area (Å²) >= 11 is 19.1. The van der Waals surface area contributed by atoms with E-state index in [-0.39, 0.29) is 5.78 Å². The minimum atomic E-state index is -0.495. The molecular formula is C20H19Cl2NO2S2. The van der Waals surface area contributed by atoms with E-state index in [0.717, 1.165) is 18.7 Å². The summed E-state index contributed by atoms with van der Waals surface area (Å²) in [5.74, 6) is 0.508. The Morgan fingerprint density at radius 3 is 2.37 bits per heavy atom. The molecule has 142 valence electrons. The lowest BCUT2D eigenvalue weighted by molar-refractivity contribution is 0.0868. The smallest absolute Gasteiger partial charge is 0.184 e. The molecule has 0 radical (unpaired) electrons. The Morgan fingerprint density at radius 2 is 1.74 bits per heavy atom. The number of thiocarbonyl (C=S) groups is 1. The molecule has 1 aliphatic heterocycles. The van der Waals surface area contributed by atoms with Crippen LogP contribution in [0.3, 0.4) is 0 Å². The van der Waals surface area contributed by atoms with Crippen molar-refractivity contribution in [1.29, 1.82) is 0 Å². The van der Waals surface area contributed by atoms with E-state index in [4.69, 9.17) is 40.2 Å². The fourth-order valence-electron chi connectivity index (χ4n) is 2.96. The molecule has 7 heteroatoms. The third-order valence-corrected chi connectivity index (χ3v) is 6.65. The molecule has 2 aromatic carbocycles. The molecule has 0 saturated heterocycles. The second kappa shape index (κ2) is 8.82. The van der Waals surface area contributed by atoms with Crippen molar-refractivity contribution >= 4 is 57.3 Å². The molecule has 0 aromatic heterocycles. The van der Waals surface area contributed by atoms with Crippen molar-refractivity contribution in [2.45, 2.75) is 25.2 Å². The van der Waals surface area contributed by atoms with E-state index in [0.29, 0.717) is 25.7 Å². The fraction of sp³-hybridized carbons (Fsp3) is 0.300. The van der Waals surface area contributed by atoms with Gasteiger partial charge in [-0.15, -0.1) is 0 Å². The van der Waals surface area contributed by atoms with E-state index >= 15 is 0 Å². The average molecular weight is 440 g/mol. The molecule has 2 atom stereocenters. The number of halogens is 2. The SMILES string of the molecule is CCN(CC)C(=S)SC1C(=O)c2cc(Cl)ccc2OC1c1ccc(Cl)cc1. The number of hydrogen-bond acceptors (Lipinski definition) is 4. The van der Waals surface area contributed by atoms with E-state index < -0.39 is 11.4 Å². The second-order valence-electron chi connectivity index (χ2n) is 6.07. The molecular weight excluding hydrogens is 421 g/mol. The molecule has 0 aliphatic carbocycles. The number of ketones is 1. The highest BCUT2D eigenvalue weighted by atomic mass is 35.5. The van der Waals surface area contributed by atoms with Crippen molar-refractivity contribution in [2.75, 3.05) is 13.1 Å². The Balaban J connectivity index is 2.00. The Bertz CT molecular complexity index is 854. The van der Waals surface area contributed by atoms with Gasteiger partial charge in [0.25, 0.3) is 0 Å². The van der Waals surface area contributed by atoms with Gasteiger partial charge in [0.15, 0.2) is 5.78 Å². The molecule has 0 saturated carbocycles. The van der Waals surface area contributed by atoms with Gasteiger partial charge in [-0.3, -0.25) is 4.79 Å². The number of rotatable bonds is 4. The van der Waals surface area contributed by atoms with Crippen LogP contribution < -0.4 is 4.74 Å². The molecule has 0 spiro atoms. The van der Waals surface area contributed by atoms with Crippen LogP contribution >= 0.6 is 47.2 Å². The van der Waals surface area contributed by atoms with Gasteiger partial charge in [0.1, 0.15) is 21.4 Å². The Morgan fingerprint density at radius 1 is 1.11 bits per heavy atom. The molecule has 3 nitrogen and oxygen atoms in total. The lowest BCUT2D eigenvalue weighted by atomic mass is 9.96. The number of thioether (sulfide) groups is 1. The minimum absolute atomic E-state index is 0.0294. The van der Waals surface area contributed by atoms with E-state index in [2.05, 4.69) is 4.90 Å². The van der Waals surface area contributed by atoms with Gasteiger partial charge in [-0.2, -0.15) is 0 Å². The van der Waals surface area contributed by atoms with Crippen LogP contribution in [-0.2, 0) is 0 Å². The average Bonchev–Trinajstić information content (AvgIpc) is 2.66. The lowest BCUT2D eigenvalue weighted by Crippen LogP contribution is -2.37. The molecule has 0 bridgehead atoms. The zero-order valence-corrected chi connectivity index (χ0v) is 18.1. The number of fused-ring (bicyclic) bond motifs is 1. The van der Waals surface area contributed by atoms with Crippen LogP contribution in [0.15, 0.2) is 42.5 Å². The standard InChI is InChI=1S/C20H19Cl2NO2S2/c1-3-23(4-2)20(26)27-19-17(24)15-11-14(22)9-10-16(15)25-18(19)12-5-7-13(21)8-6-12/h5-11,18-19H,3-4H2,1-2H3. The monoisotopic (exact) mass is 439 g/mol. The zero-order chi connectivity index (χ0) is 19.6. The van der Waals surface area contributed by atoms with E-state index in [1.165, 1.54) is 11.8 Å². The van der Waals surface area contributed by atoms with E-state index in [1.54, 1.807) is 30.3 Å². The summed E-state index contributed by atoms with van der Waals surface area (Å²) in [5.41, 5.74) is 1.38. The highest BCUT2D eigenvalue weighted by Gasteiger charge is 2.40. The van der Waals surface area contributed by atoms with Crippen LogP contribution in [0.25, 0.3) is 0 Å². The number of nitrogens with zero attached hydrogens (tertiary/aromatic N) is 1. The van der Waals surface area contributed by atoms with Crippen molar-refractivity contribution in [1.82, 2.24) is 4.90 Å². The third-order valence-electron chi connectivity index (χ3n) is 4.44. The Kier molecular flexibility index (Phi) is 6.69. The number of carbonyl (C=O) groups excluding carboxylic acids is 1. The van der Waals surface area contributed by atoms with Crippen LogP contribution in [0.5, 0.6) is 5.75 Å². The van der Waals surface area contributed by atoms with Gasteiger partial charge in [-0.05, 0) is 49.7 Å². The highest BCUT2D eigenvalue weighted by Crippen LogP contribution is 2.42. The molecule has 2 aromatic rings. The summed E-state index contributed by atoms with van der Waals surface area (Å²) in [7, 11) is 0. The summed E-state index contributed by atoms with van der Waals surface area (Å²) in [5, 5.41) is 0.645. The van der Waals surface area contributed by atoms with Crippen LogP contribution in [0.1, 0.15) is 35.9 Å². The largest absolute Gasteiger partial charge is 0.483 e. The van der Waals surface area contributed by atoms with Gasteiger partial charge in [-0.1, -0.05) is 59.3 Å². The molecule has 2 unspecified atom stereocenters. The van der Waals surface area contributed by atoms with Crippen LogP contribution in [-0.4, -0.2) is 33.3 Å². The van der Waals surface area contributed by atoms with E-state index in [9.17, 15) is 4.79 Å². The number of carbonyl (C=O) groups is 1. The predicted octanol–water partition coefficient (Wildman–Crippen LogP) is 6.04. The molecule has 0 amide bonds. The number of hydrogen-bond donors (Lipinski definition) is 0. The third kappa shape index (κ3) is 4.43.